The molecule has 0 saturated carbocycles. The highest BCUT2D eigenvalue weighted by Gasteiger charge is 2.16. The fourth-order valence-electron chi connectivity index (χ4n) is 2.35. The Morgan fingerprint density at radius 3 is 2.52 bits per heavy atom. The van der Waals surface area contributed by atoms with Gasteiger partial charge in [-0.1, -0.05) is 12.1 Å². The number of rotatable bonds is 7. The number of ether oxygens (including phenoxy) is 3. The molecule has 0 heterocycles. The van der Waals surface area contributed by atoms with Gasteiger partial charge >= 0.3 is 5.97 Å². The van der Waals surface area contributed by atoms with Gasteiger partial charge in [0.1, 0.15) is 11.5 Å². The van der Waals surface area contributed by atoms with E-state index in [2.05, 4.69) is 5.32 Å². The number of hydrogen-bond donors (Lipinski definition) is 1. The molecule has 27 heavy (non-hydrogen) atoms. The second-order valence-corrected chi connectivity index (χ2v) is 5.88. The predicted molar refractivity (Wildman–Crippen MR) is 104 cm³/mol. The first-order valence-electron chi connectivity index (χ1n) is 8.41. The largest absolute Gasteiger partial charge is 0.497 e. The zero-order valence-corrected chi connectivity index (χ0v) is 15.8. The Labute approximate surface area is 158 Å². The van der Waals surface area contributed by atoms with E-state index in [-0.39, 0.29) is 0 Å². The molecule has 0 spiro atoms. The lowest BCUT2D eigenvalue weighted by Gasteiger charge is -2.12. The fourth-order valence-corrected chi connectivity index (χ4v) is 2.35. The van der Waals surface area contributed by atoms with Gasteiger partial charge < -0.3 is 19.5 Å². The first-order chi connectivity index (χ1) is 12.9. The van der Waals surface area contributed by atoms with Crippen molar-refractivity contribution in [2.24, 2.45) is 0 Å². The maximum Gasteiger partial charge on any atom is 0.331 e. The van der Waals surface area contributed by atoms with E-state index < -0.39 is 18.0 Å². The zero-order chi connectivity index (χ0) is 19.8. The number of methoxy groups -OCH3 is 2. The van der Waals surface area contributed by atoms with Crippen molar-refractivity contribution < 1.29 is 23.8 Å². The Balaban J connectivity index is 1.96. The third kappa shape index (κ3) is 5.88. The second kappa shape index (κ2) is 9.43. The molecule has 0 aromatic heterocycles. The molecule has 142 valence electrons. The Bertz CT molecular complexity index is 844. The molecule has 0 aliphatic carbocycles. The number of amides is 1. The van der Waals surface area contributed by atoms with Crippen molar-refractivity contribution in [3.05, 3.63) is 59.7 Å². The average molecular weight is 369 g/mol. The lowest BCUT2D eigenvalue weighted by Crippen LogP contribution is -2.29. The van der Waals surface area contributed by atoms with Gasteiger partial charge in [0.05, 0.1) is 14.2 Å². The van der Waals surface area contributed by atoms with E-state index in [1.54, 1.807) is 37.5 Å². The third-order valence-electron chi connectivity index (χ3n) is 3.79. The summed E-state index contributed by atoms with van der Waals surface area (Å²) in [6.07, 6.45) is 1.88. The summed E-state index contributed by atoms with van der Waals surface area (Å²) in [6.45, 7) is 3.45. The summed E-state index contributed by atoms with van der Waals surface area (Å²) < 4.78 is 15.6. The molecule has 6 nitrogen and oxygen atoms in total. The molecule has 0 radical (unpaired) electrons. The van der Waals surface area contributed by atoms with Crippen molar-refractivity contribution in [1.82, 2.24) is 0 Å². The number of hydrogen-bond acceptors (Lipinski definition) is 5. The van der Waals surface area contributed by atoms with Crippen molar-refractivity contribution in [3.63, 3.8) is 0 Å². The highest BCUT2D eigenvalue weighted by Crippen LogP contribution is 2.25. The fraction of sp³-hybridized carbons (Fsp3) is 0.238. The van der Waals surface area contributed by atoms with Crippen LogP contribution in [0.1, 0.15) is 18.1 Å². The van der Waals surface area contributed by atoms with Gasteiger partial charge in [-0.2, -0.15) is 0 Å². The molecule has 0 fully saturated rings. The van der Waals surface area contributed by atoms with Crippen LogP contribution in [0.5, 0.6) is 11.5 Å². The quantitative estimate of drug-likeness (QED) is 0.596. The maximum atomic E-state index is 12.2. The summed E-state index contributed by atoms with van der Waals surface area (Å²) in [7, 11) is 3.09. The van der Waals surface area contributed by atoms with Crippen LogP contribution in [0, 0.1) is 6.92 Å². The van der Waals surface area contributed by atoms with Crippen LogP contribution in [-0.2, 0) is 14.3 Å². The average Bonchev–Trinajstić information content (AvgIpc) is 2.66. The number of anilines is 1. The van der Waals surface area contributed by atoms with Crippen molar-refractivity contribution >= 4 is 23.6 Å². The first-order valence-corrected chi connectivity index (χ1v) is 8.41. The molecular formula is C21H23NO5. The van der Waals surface area contributed by atoms with Gasteiger partial charge in [0.2, 0.25) is 0 Å². The van der Waals surface area contributed by atoms with Crippen molar-refractivity contribution in [2.75, 3.05) is 19.5 Å². The Morgan fingerprint density at radius 1 is 1.07 bits per heavy atom. The Hall–Kier alpha value is -3.28. The Morgan fingerprint density at radius 2 is 1.85 bits per heavy atom. The molecular weight excluding hydrogens is 346 g/mol. The molecule has 0 saturated heterocycles. The molecule has 1 amide bonds. The van der Waals surface area contributed by atoms with Crippen molar-refractivity contribution in [3.8, 4) is 11.5 Å². The molecule has 1 atom stereocenters. The zero-order valence-electron chi connectivity index (χ0n) is 15.8. The Kier molecular flexibility index (Phi) is 7.00. The van der Waals surface area contributed by atoms with Gasteiger partial charge in [0, 0.05) is 23.4 Å². The standard InChI is InChI=1S/C21H23NO5/c1-14-6-5-7-17(12-14)22-21(24)15(2)27-20(23)11-9-16-8-10-18(25-3)13-19(16)26-4/h5-13,15H,1-4H3,(H,22,24)/b11-9+/t15-/m0/s1. The summed E-state index contributed by atoms with van der Waals surface area (Å²) in [5.41, 5.74) is 2.36. The van der Waals surface area contributed by atoms with Crippen molar-refractivity contribution in [1.29, 1.82) is 0 Å². The van der Waals surface area contributed by atoms with Crippen LogP contribution in [0.2, 0.25) is 0 Å². The molecule has 2 rings (SSSR count). The molecule has 0 aliphatic heterocycles. The molecule has 6 heteroatoms. The van der Waals surface area contributed by atoms with E-state index >= 15 is 0 Å². The van der Waals surface area contributed by atoms with E-state index in [0.717, 1.165) is 5.56 Å². The summed E-state index contributed by atoms with van der Waals surface area (Å²) in [4.78, 5) is 24.2. The SMILES string of the molecule is COc1ccc(/C=C/C(=O)O[C@@H](C)C(=O)Nc2cccc(C)c2)c(OC)c1. The van der Waals surface area contributed by atoms with Gasteiger partial charge in [-0.05, 0) is 49.8 Å². The minimum atomic E-state index is -0.930. The molecule has 0 unspecified atom stereocenters. The molecule has 0 aliphatic rings. The molecule has 1 N–H and O–H groups in total. The van der Waals surface area contributed by atoms with E-state index in [4.69, 9.17) is 14.2 Å². The van der Waals surface area contributed by atoms with Crippen LogP contribution < -0.4 is 14.8 Å². The van der Waals surface area contributed by atoms with Gasteiger partial charge in [0.25, 0.3) is 5.91 Å². The smallest absolute Gasteiger partial charge is 0.331 e. The molecule has 2 aromatic carbocycles. The summed E-state index contributed by atoms with van der Waals surface area (Å²) >= 11 is 0. The summed E-state index contributed by atoms with van der Waals surface area (Å²) in [5, 5.41) is 2.72. The van der Waals surface area contributed by atoms with Crippen LogP contribution in [0.3, 0.4) is 0 Å². The van der Waals surface area contributed by atoms with Crippen LogP contribution in [0.25, 0.3) is 6.08 Å². The monoisotopic (exact) mass is 369 g/mol. The second-order valence-electron chi connectivity index (χ2n) is 5.88. The van der Waals surface area contributed by atoms with Gasteiger partial charge in [-0.3, -0.25) is 4.79 Å². The van der Waals surface area contributed by atoms with Crippen LogP contribution in [-0.4, -0.2) is 32.2 Å². The van der Waals surface area contributed by atoms with Gasteiger partial charge in [-0.25, -0.2) is 4.79 Å². The van der Waals surface area contributed by atoms with Gasteiger partial charge in [0.15, 0.2) is 6.10 Å². The van der Waals surface area contributed by atoms with E-state index in [1.165, 1.54) is 20.1 Å². The number of aryl methyl sites for hydroxylation is 1. The van der Waals surface area contributed by atoms with Crippen LogP contribution in [0.15, 0.2) is 48.5 Å². The molecule has 0 bridgehead atoms. The predicted octanol–water partition coefficient (Wildman–Crippen LogP) is 3.60. The minimum absolute atomic E-state index is 0.399. The topological polar surface area (TPSA) is 73.9 Å². The van der Waals surface area contributed by atoms with Crippen LogP contribution in [0.4, 0.5) is 5.69 Å². The normalized spacial score (nSPS) is 11.7. The number of carbonyl (C=O) groups excluding carboxylic acids is 2. The summed E-state index contributed by atoms with van der Waals surface area (Å²) in [6, 6.07) is 12.6. The minimum Gasteiger partial charge on any atom is -0.497 e. The first kappa shape index (κ1) is 20.0. The highest BCUT2D eigenvalue weighted by atomic mass is 16.5. The lowest BCUT2D eigenvalue weighted by atomic mass is 10.1. The van der Waals surface area contributed by atoms with E-state index in [9.17, 15) is 9.59 Å². The number of nitrogens with one attached hydrogen (secondary N) is 1. The third-order valence-corrected chi connectivity index (χ3v) is 3.79. The van der Waals surface area contributed by atoms with E-state index in [1.807, 2.05) is 25.1 Å². The van der Waals surface area contributed by atoms with Crippen LogP contribution >= 0.6 is 0 Å². The lowest BCUT2D eigenvalue weighted by molar-refractivity contribution is -0.148. The summed E-state index contributed by atoms with van der Waals surface area (Å²) in [5.74, 6) is 0.181. The van der Waals surface area contributed by atoms with E-state index in [0.29, 0.717) is 22.7 Å². The number of carbonyl (C=O) groups is 2. The maximum absolute atomic E-state index is 12.2. The number of esters is 1. The van der Waals surface area contributed by atoms with Crippen molar-refractivity contribution in [2.45, 2.75) is 20.0 Å². The number of benzene rings is 2. The highest BCUT2D eigenvalue weighted by molar-refractivity contribution is 5.96. The van der Waals surface area contributed by atoms with Gasteiger partial charge in [-0.15, -0.1) is 0 Å². The molecule has 2 aromatic rings.